The molecule has 3 nitrogen and oxygen atoms in total. The minimum absolute atomic E-state index is 0.354. The number of carbonyl (C=O) groups excluding carboxylic acids is 1. The zero-order valence-corrected chi connectivity index (χ0v) is 9.55. The summed E-state index contributed by atoms with van der Waals surface area (Å²) >= 11 is 6.16. The maximum Gasteiger partial charge on any atom is 0.335 e. The molecule has 0 aromatic carbocycles. The standard InChI is InChI=1S/C7H8Br2O3/c1-2-3-4(8)5(6(9)10)12-7(3)11/h5-6,10H,2H2,1H3. The van der Waals surface area contributed by atoms with Crippen LogP contribution in [0.15, 0.2) is 10.1 Å². The highest BCUT2D eigenvalue weighted by molar-refractivity contribution is 9.12. The molecule has 5 heteroatoms. The van der Waals surface area contributed by atoms with Crippen LogP contribution in [0.25, 0.3) is 0 Å². The van der Waals surface area contributed by atoms with Crippen molar-refractivity contribution in [3.05, 3.63) is 10.1 Å². The van der Waals surface area contributed by atoms with Crippen LogP contribution in [0.3, 0.4) is 0 Å². The van der Waals surface area contributed by atoms with E-state index >= 15 is 0 Å². The van der Waals surface area contributed by atoms with Gasteiger partial charge in [-0.15, -0.1) is 0 Å². The lowest BCUT2D eigenvalue weighted by molar-refractivity contribution is -0.141. The fourth-order valence-corrected chi connectivity index (χ4v) is 2.51. The minimum atomic E-state index is -0.847. The highest BCUT2D eigenvalue weighted by Crippen LogP contribution is 2.32. The maximum atomic E-state index is 11.1. The molecule has 1 heterocycles. The van der Waals surface area contributed by atoms with Gasteiger partial charge in [0.15, 0.2) is 11.1 Å². The molecule has 0 amide bonds. The first-order valence-electron chi connectivity index (χ1n) is 3.49. The van der Waals surface area contributed by atoms with Crippen molar-refractivity contribution < 1.29 is 14.6 Å². The van der Waals surface area contributed by atoms with E-state index in [0.717, 1.165) is 0 Å². The predicted molar refractivity (Wildman–Crippen MR) is 51.1 cm³/mol. The Morgan fingerprint density at radius 2 is 2.33 bits per heavy atom. The Kier molecular flexibility index (Phi) is 3.31. The number of rotatable bonds is 2. The monoisotopic (exact) mass is 298 g/mol. The van der Waals surface area contributed by atoms with Crippen molar-refractivity contribution in [2.75, 3.05) is 0 Å². The number of hydrogen-bond donors (Lipinski definition) is 1. The average Bonchev–Trinajstić information content (AvgIpc) is 2.27. The second-order valence-corrected chi connectivity index (χ2v) is 4.17. The van der Waals surface area contributed by atoms with Gasteiger partial charge in [0.2, 0.25) is 0 Å². The molecule has 0 saturated heterocycles. The van der Waals surface area contributed by atoms with Crippen molar-refractivity contribution in [3.63, 3.8) is 0 Å². The highest BCUT2D eigenvalue weighted by Gasteiger charge is 2.35. The Balaban J connectivity index is 2.89. The lowest BCUT2D eigenvalue weighted by Crippen LogP contribution is -2.21. The number of cyclic esters (lactones) is 1. The van der Waals surface area contributed by atoms with E-state index in [0.29, 0.717) is 16.5 Å². The second kappa shape index (κ2) is 3.89. The molecule has 2 atom stereocenters. The van der Waals surface area contributed by atoms with Gasteiger partial charge in [0.1, 0.15) is 0 Å². The number of ether oxygens (including phenoxy) is 1. The number of alkyl halides is 1. The van der Waals surface area contributed by atoms with Crippen LogP contribution in [0, 0.1) is 0 Å². The van der Waals surface area contributed by atoms with Crippen molar-refractivity contribution in [2.24, 2.45) is 0 Å². The van der Waals surface area contributed by atoms with Gasteiger partial charge in [0.05, 0.1) is 5.57 Å². The van der Waals surface area contributed by atoms with E-state index in [4.69, 9.17) is 9.84 Å². The summed E-state index contributed by atoms with van der Waals surface area (Å²) < 4.78 is 5.52. The quantitative estimate of drug-likeness (QED) is 0.623. The van der Waals surface area contributed by atoms with Crippen LogP contribution in [-0.2, 0) is 9.53 Å². The molecule has 12 heavy (non-hydrogen) atoms. The van der Waals surface area contributed by atoms with E-state index in [1.54, 1.807) is 0 Å². The number of halogens is 2. The zero-order valence-electron chi connectivity index (χ0n) is 6.38. The summed E-state index contributed by atoms with van der Waals surface area (Å²) in [4.78, 5) is 11.1. The molecular weight excluding hydrogens is 292 g/mol. The molecule has 68 valence electrons. The highest BCUT2D eigenvalue weighted by atomic mass is 79.9. The van der Waals surface area contributed by atoms with Crippen LogP contribution in [0.4, 0.5) is 0 Å². The number of hydrogen-bond acceptors (Lipinski definition) is 3. The Hall–Kier alpha value is 0.130. The van der Waals surface area contributed by atoms with Crippen molar-refractivity contribution in [1.82, 2.24) is 0 Å². The van der Waals surface area contributed by atoms with Crippen LogP contribution < -0.4 is 0 Å². The van der Waals surface area contributed by atoms with E-state index in [1.165, 1.54) is 0 Å². The Labute approximate surface area is 87.0 Å². The van der Waals surface area contributed by atoms with E-state index in [1.807, 2.05) is 6.92 Å². The molecule has 0 aromatic heterocycles. The molecule has 1 aliphatic heterocycles. The molecule has 0 spiro atoms. The number of carbonyl (C=O) groups is 1. The summed E-state index contributed by atoms with van der Waals surface area (Å²) in [5.74, 6) is -0.354. The molecule has 0 aliphatic carbocycles. The molecule has 0 fully saturated rings. The predicted octanol–water partition coefficient (Wildman–Crippen LogP) is 1.68. The third-order valence-electron chi connectivity index (χ3n) is 1.62. The molecule has 0 radical (unpaired) electrons. The summed E-state index contributed by atoms with van der Waals surface area (Å²) in [5, 5.41) is 8.28. The summed E-state index contributed by atoms with van der Waals surface area (Å²) in [5.41, 5.74) is 0.596. The van der Waals surface area contributed by atoms with Gasteiger partial charge in [0.25, 0.3) is 0 Å². The molecule has 1 N–H and O–H groups in total. The molecular formula is C7H8Br2O3. The molecule has 2 unspecified atom stereocenters. The summed E-state index contributed by atoms with van der Waals surface area (Å²) in [6.07, 6.45) is 0.0165. The Bertz CT molecular complexity index is 235. The van der Waals surface area contributed by atoms with Crippen molar-refractivity contribution >= 4 is 37.8 Å². The first-order valence-corrected chi connectivity index (χ1v) is 5.20. The second-order valence-electron chi connectivity index (χ2n) is 2.38. The molecule has 1 aliphatic rings. The summed E-state index contributed by atoms with van der Waals surface area (Å²) in [6, 6.07) is 0. The molecule has 0 saturated carbocycles. The SMILES string of the molecule is CCC1=C(Br)C(C(O)Br)OC1=O. The van der Waals surface area contributed by atoms with Crippen LogP contribution in [-0.4, -0.2) is 22.2 Å². The molecule has 0 bridgehead atoms. The first kappa shape index (κ1) is 10.2. The zero-order chi connectivity index (χ0) is 9.30. The summed E-state index contributed by atoms with van der Waals surface area (Å²) in [7, 11) is 0. The maximum absolute atomic E-state index is 11.1. The number of aliphatic hydroxyl groups is 1. The van der Waals surface area contributed by atoms with Gasteiger partial charge >= 0.3 is 5.97 Å². The fraction of sp³-hybridized carbons (Fsp3) is 0.571. The van der Waals surface area contributed by atoms with Gasteiger partial charge in [-0.05, 0) is 6.42 Å². The third-order valence-corrected chi connectivity index (χ3v) is 3.03. The lowest BCUT2D eigenvalue weighted by Gasteiger charge is -2.11. The largest absolute Gasteiger partial charge is 0.450 e. The molecule has 1 rings (SSSR count). The Morgan fingerprint density at radius 1 is 1.75 bits per heavy atom. The third kappa shape index (κ3) is 1.72. The van der Waals surface area contributed by atoms with Gasteiger partial charge in [-0.2, -0.15) is 0 Å². The van der Waals surface area contributed by atoms with E-state index in [2.05, 4.69) is 31.9 Å². The fourth-order valence-electron chi connectivity index (χ4n) is 0.998. The van der Waals surface area contributed by atoms with E-state index in [9.17, 15) is 4.79 Å². The Morgan fingerprint density at radius 3 is 2.58 bits per heavy atom. The van der Waals surface area contributed by atoms with Gasteiger partial charge in [0, 0.05) is 4.48 Å². The summed E-state index contributed by atoms with van der Waals surface area (Å²) in [6.45, 7) is 1.86. The normalized spacial score (nSPS) is 26.0. The van der Waals surface area contributed by atoms with E-state index < -0.39 is 11.1 Å². The van der Waals surface area contributed by atoms with Crippen molar-refractivity contribution in [2.45, 2.75) is 24.5 Å². The first-order chi connectivity index (χ1) is 5.57. The van der Waals surface area contributed by atoms with Gasteiger partial charge in [-0.3, -0.25) is 0 Å². The lowest BCUT2D eigenvalue weighted by atomic mass is 10.2. The van der Waals surface area contributed by atoms with E-state index in [-0.39, 0.29) is 5.97 Å². The van der Waals surface area contributed by atoms with Crippen molar-refractivity contribution in [1.29, 1.82) is 0 Å². The van der Waals surface area contributed by atoms with Crippen LogP contribution in [0.1, 0.15) is 13.3 Å². The smallest absolute Gasteiger partial charge is 0.335 e. The average molecular weight is 300 g/mol. The van der Waals surface area contributed by atoms with Crippen LogP contribution in [0.5, 0.6) is 0 Å². The topological polar surface area (TPSA) is 46.5 Å². The van der Waals surface area contributed by atoms with Crippen LogP contribution >= 0.6 is 31.9 Å². The minimum Gasteiger partial charge on any atom is -0.450 e. The number of aliphatic hydroxyl groups excluding tert-OH is 1. The van der Waals surface area contributed by atoms with Crippen molar-refractivity contribution in [3.8, 4) is 0 Å². The number of esters is 1. The van der Waals surface area contributed by atoms with Gasteiger partial charge in [-0.1, -0.05) is 38.8 Å². The van der Waals surface area contributed by atoms with Gasteiger partial charge < -0.3 is 9.84 Å². The van der Waals surface area contributed by atoms with Crippen LogP contribution in [0.2, 0.25) is 0 Å². The molecule has 0 aromatic rings. The van der Waals surface area contributed by atoms with Gasteiger partial charge in [-0.25, -0.2) is 4.79 Å².